The maximum absolute atomic E-state index is 11.3. The van der Waals surface area contributed by atoms with Gasteiger partial charge in [-0.3, -0.25) is 14.8 Å². The highest BCUT2D eigenvalue weighted by atomic mass is 16.5. The molecule has 0 fully saturated rings. The number of amides is 1. The van der Waals surface area contributed by atoms with Crippen LogP contribution in [0.15, 0.2) is 94.4 Å². The summed E-state index contributed by atoms with van der Waals surface area (Å²) in [5, 5.41) is 0. The third kappa shape index (κ3) is 7.74. The molecule has 0 unspecified atom stereocenters. The minimum absolute atomic E-state index is 0.0498. The van der Waals surface area contributed by atoms with E-state index in [4.69, 9.17) is 10.5 Å². The Bertz CT molecular complexity index is 872. The van der Waals surface area contributed by atoms with Crippen LogP contribution in [0.2, 0.25) is 0 Å². The molecule has 1 heterocycles. The SMILES string of the molecule is NC(=O)C1=NC=CN=CC=CC=CC=Cc2ccccc2C=NCOC=C1. The number of hydrogen-bond donors (Lipinski definition) is 1. The van der Waals surface area contributed by atoms with Crippen LogP contribution in [-0.4, -0.2) is 30.8 Å². The molecule has 136 valence electrons. The fourth-order valence-corrected chi connectivity index (χ4v) is 1.96. The minimum Gasteiger partial charge on any atom is -0.479 e. The van der Waals surface area contributed by atoms with Crippen LogP contribution in [0.1, 0.15) is 11.1 Å². The molecule has 27 heavy (non-hydrogen) atoms. The molecule has 0 aliphatic carbocycles. The molecule has 0 saturated heterocycles. The third-order valence-corrected chi connectivity index (χ3v) is 3.21. The molecule has 0 atom stereocenters. The van der Waals surface area contributed by atoms with Gasteiger partial charge in [-0.25, -0.2) is 4.99 Å². The van der Waals surface area contributed by atoms with Crippen molar-refractivity contribution in [2.24, 2.45) is 20.7 Å². The number of benzene rings is 1. The van der Waals surface area contributed by atoms with Crippen molar-refractivity contribution in [1.29, 1.82) is 0 Å². The fraction of sp³-hybridized carbons (Fsp3) is 0.0476. The molecule has 0 spiro atoms. The molecular formula is C21H20N4O2. The van der Waals surface area contributed by atoms with E-state index in [1.54, 1.807) is 18.5 Å². The standard InChI is InChI=1S/C21H20N4O2/c22-21(26)20-11-15-27-17-24-16-19-10-6-5-9-18(19)8-4-2-1-3-7-12-23-13-14-25-20/h1-16H,17H2,(H2,22,26). The Hall–Kier alpha value is -3.80. The van der Waals surface area contributed by atoms with E-state index in [1.165, 1.54) is 24.7 Å². The van der Waals surface area contributed by atoms with Crippen LogP contribution < -0.4 is 5.73 Å². The highest BCUT2D eigenvalue weighted by Gasteiger charge is 2.00. The molecule has 1 aliphatic rings. The summed E-state index contributed by atoms with van der Waals surface area (Å²) >= 11 is 0. The Morgan fingerprint density at radius 3 is 2.59 bits per heavy atom. The summed E-state index contributed by atoms with van der Waals surface area (Å²) in [7, 11) is 0. The molecule has 1 aromatic carbocycles. The number of nitrogens with zero attached hydrogens (tertiary/aromatic N) is 3. The van der Waals surface area contributed by atoms with E-state index in [9.17, 15) is 4.79 Å². The van der Waals surface area contributed by atoms with E-state index in [2.05, 4.69) is 15.0 Å². The number of hydrogen-bond acceptors (Lipinski definition) is 5. The summed E-state index contributed by atoms with van der Waals surface area (Å²) in [6.07, 6.45) is 20.3. The quantitative estimate of drug-likeness (QED) is 0.833. The molecule has 0 bridgehead atoms. The summed E-state index contributed by atoms with van der Waals surface area (Å²) in [6.45, 7) is 0.103. The zero-order valence-corrected chi connectivity index (χ0v) is 14.7. The number of allylic oxidation sites excluding steroid dienone is 5. The lowest BCUT2D eigenvalue weighted by atomic mass is 10.1. The summed E-state index contributed by atoms with van der Waals surface area (Å²) in [6, 6.07) is 7.88. The molecule has 0 radical (unpaired) electrons. The smallest absolute Gasteiger partial charge is 0.267 e. The molecule has 2 N–H and O–H groups in total. The van der Waals surface area contributed by atoms with Gasteiger partial charge in [0.2, 0.25) is 0 Å². The van der Waals surface area contributed by atoms with Crippen LogP contribution in [0.4, 0.5) is 0 Å². The van der Waals surface area contributed by atoms with Crippen molar-refractivity contribution >= 4 is 30.1 Å². The summed E-state index contributed by atoms with van der Waals surface area (Å²) < 4.78 is 5.25. The number of carbonyl (C=O) groups excluding carboxylic acids is 1. The van der Waals surface area contributed by atoms with E-state index >= 15 is 0 Å². The Balaban J connectivity index is 2.22. The molecular weight excluding hydrogens is 340 g/mol. The highest BCUT2D eigenvalue weighted by Crippen LogP contribution is 2.08. The van der Waals surface area contributed by atoms with Crippen LogP contribution in [0.25, 0.3) is 6.08 Å². The van der Waals surface area contributed by atoms with Crippen molar-refractivity contribution in [1.82, 2.24) is 0 Å². The first-order valence-corrected chi connectivity index (χ1v) is 8.20. The largest absolute Gasteiger partial charge is 0.479 e. The van der Waals surface area contributed by atoms with Gasteiger partial charge in [-0.15, -0.1) is 0 Å². The predicted molar refractivity (Wildman–Crippen MR) is 111 cm³/mol. The van der Waals surface area contributed by atoms with E-state index < -0.39 is 5.91 Å². The number of rotatable bonds is 1. The third-order valence-electron chi connectivity index (χ3n) is 3.21. The maximum atomic E-state index is 11.3. The van der Waals surface area contributed by atoms with Crippen molar-refractivity contribution in [3.63, 3.8) is 0 Å². The van der Waals surface area contributed by atoms with Crippen LogP contribution >= 0.6 is 0 Å². The van der Waals surface area contributed by atoms with Crippen LogP contribution in [0.5, 0.6) is 0 Å². The number of nitrogens with two attached hydrogens (primary N) is 1. The Kier molecular flexibility index (Phi) is 8.46. The highest BCUT2D eigenvalue weighted by molar-refractivity contribution is 6.42. The first-order valence-electron chi connectivity index (χ1n) is 8.20. The van der Waals surface area contributed by atoms with Crippen LogP contribution in [0, 0.1) is 0 Å². The second kappa shape index (κ2) is 11.7. The molecule has 2 rings (SSSR count). The topological polar surface area (TPSA) is 89.4 Å². The van der Waals surface area contributed by atoms with E-state index in [0.29, 0.717) is 0 Å². The van der Waals surface area contributed by atoms with Crippen LogP contribution in [0.3, 0.4) is 0 Å². The molecule has 1 amide bonds. The van der Waals surface area contributed by atoms with Gasteiger partial charge in [-0.05, 0) is 17.2 Å². The summed E-state index contributed by atoms with van der Waals surface area (Å²) in [5.41, 5.74) is 7.32. The second-order valence-corrected chi connectivity index (χ2v) is 5.14. The first-order chi connectivity index (χ1) is 13.3. The molecule has 1 aliphatic heterocycles. The van der Waals surface area contributed by atoms with Crippen molar-refractivity contribution in [2.75, 3.05) is 6.73 Å². The van der Waals surface area contributed by atoms with Crippen LogP contribution in [-0.2, 0) is 9.53 Å². The number of carbonyl (C=O) groups is 1. The second-order valence-electron chi connectivity index (χ2n) is 5.14. The summed E-state index contributed by atoms with van der Waals surface area (Å²) in [4.78, 5) is 23.5. The fourth-order valence-electron chi connectivity index (χ4n) is 1.96. The van der Waals surface area contributed by atoms with Gasteiger partial charge in [0.05, 0.1) is 6.26 Å². The normalized spacial score (nSPS) is 15.0. The molecule has 6 heteroatoms. The van der Waals surface area contributed by atoms with Gasteiger partial charge in [-0.1, -0.05) is 54.6 Å². The molecule has 1 aromatic rings. The summed E-state index contributed by atoms with van der Waals surface area (Å²) in [5.74, 6) is -0.667. The van der Waals surface area contributed by atoms with Gasteiger partial charge in [0, 0.05) is 30.9 Å². The first kappa shape index (κ1) is 19.5. The van der Waals surface area contributed by atoms with E-state index in [0.717, 1.165) is 11.1 Å². The Labute approximate surface area is 158 Å². The van der Waals surface area contributed by atoms with Gasteiger partial charge >= 0.3 is 0 Å². The van der Waals surface area contributed by atoms with Crippen molar-refractivity contribution in [3.05, 3.63) is 90.5 Å². The van der Waals surface area contributed by atoms with Gasteiger partial charge in [0.15, 0.2) is 6.73 Å². The number of ether oxygens (including phenoxy) is 1. The zero-order valence-electron chi connectivity index (χ0n) is 14.7. The lowest BCUT2D eigenvalue weighted by Gasteiger charge is -2.00. The number of fused-ring (bicyclic) bond motifs is 1. The lowest BCUT2D eigenvalue weighted by Crippen LogP contribution is -2.21. The number of aliphatic imine (C=N–C) groups is 3. The van der Waals surface area contributed by atoms with Crippen molar-refractivity contribution in [3.8, 4) is 0 Å². The van der Waals surface area contributed by atoms with Gasteiger partial charge in [-0.2, -0.15) is 0 Å². The minimum atomic E-state index is -0.667. The maximum Gasteiger partial charge on any atom is 0.267 e. The van der Waals surface area contributed by atoms with E-state index in [1.807, 2.05) is 54.6 Å². The van der Waals surface area contributed by atoms with Crippen molar-refractivity contribution < 1.29 is 9.53 Å². The van der Waals surface area contributed by atoms with Crippen molar-refractivity contribution in [2.45, 2.75) is 0 Å². The zero-order chi connectivity index (χ0) is 19.2. The van der Waals surface area contributed by atoms with Gasteiger partial charge in [0.1, 0.15) is 5.71 Å². The number of primary amides is 1. The molecule has 0 aromatic heterocycles. The van der Waals surface area contributed by atoms with Gasteiger partial charge < -0.3 is 10.5 Å². The van der Waals surface area contributed by atoms with E-state index in [-0.39, 0.29) is 12.4 Å². The average Bonchev–Trinajstić information content (AvgIpc) is 2.66. The monoisotopic (exact) mass is 360 g/mol. The Morgan fingerprint density at radius 1 is 0.963 bits per heavy atom. The van der Waals surface area contributed by atoms with Gasteiger partial charge in [0.25, 0.3) is 5.91 Å². The predicted octanol–water partition coefficient (Wildman–Crippen LogP) is 3.20. The molecule has 6 nitrogen and oxygen atoms in total. The average molecular weight is 360 g/mol. The lowest BCUT2D eigenvalue weighted by molar-refractivity contribution is -0.111. The molecule has 0 saturated carbocycles. The Morgan fingerprint density at radius 2 is 1.74 bits per heavy atom.